The Balaban J connectivity index is 2.14. The van der Waals surface area contributed by atoms with Crippen LogP contribution in [-0.2, 0) is 9.53 Å². The second-order valence-corrected chi connectivity index (χ2v) is 5.41. The van der Waals surface area contributed by atoms with E-state index in [1.54, 1.807) is 6.07 Å². The summed E-state index contributed by atoms with van der Waals surface area (Å²) in [6.45, 7) is 2.44. The minimum Gasteiger partial charge on any atom is -0.478 e. The Morgan fingerprint density at radius 1 is 1.42 bits per heavy atom. The van der Waals surface area contributed by atoms with Crippen molar-refractivity contribution in [3.63, 3.8) is 0 Å². The smallest absolute Gasteiger partial charge is 0.335 e. The van der Waals surface area contributed by atoms with Crippen LogP contribution in [0.1, 0.15) is 23.7 Å². The van der Waals surface area contributed by atoms with E-state index < -0.39 is 5.97 Å². The van der Waals surface area contributed by atoms with E-state index >= 15 is 0 Å². The first kappa shape index (κ1) is 14.0. The van der Waals surface area contributed by atoms with Crippen LogP contribution in [-0.4, -0.2) is 29.7 Å². The van der Waals surface area contributed by atoms with E-state index in [1.807, 2.05) is 6.92 Å². The average Bonchev–Trinajstić information content (AvgIpc) is 2.74. The van der Waals surface area contributed by atoms with E-state index in [2.05, 4.69) is 21.2 Å². The molecule has 2 N–H and O–H groups in total. The summed E-state index contributed by atoms with van der Waals surface area (Å²) < 4.78 is 5.96. The van der Waals surface area contributed by atoms with E-state index in [4.69, 9.17) is 9.84 Å². The topological polar surface area (TPSA) is 75.6 Å². The highest BCUT2D eigenvalue weighted by atomic mass is 79.9. The molecular formula is C13H14BrNO4. The number of nitrogens with one attached hydrogen (secondary N) is 1. The summed E-state index contributed by atoms with van der Waals surface area (Å²) in [5.41, 5.74) is 0.594. The molecule has 0 aliphatic carbocycles. The third kappa shape index (κ3) is 3.33. The van der Waals surface area contributed by atoms with Crippen molar-refractivity contribution in [1.29, 1.82) is 0 Å². The predicted molar refractivity (Wildman–Crippen MR) is 73.3 cm³/mol. The summed E-state index contributed by atoms with van der Waals surface area (Å²) >= 11 is 3.23. The zero-order valence-corrected chi connectivity index (χ0v) is 11.9. The first-order valence-electron chi connectivity index (χ1n) is 5.93. The molecule has 1 aromatic carbocycles. The molecule has 1 heterocycles. The maximum absolute atomic E-state index is 12.1. The summed E-state index contributed by atoms with van der Waals surface area (Å²) in [5, 5.41) is 11.7. The van der Waals surface area contributed by atoms with Crippen LogP contribution in [0.3, 0.4) is 0 Å². The third-order valence-corrected chi connectivity index (χ3v) is 3.58. The first-order valence-corrected chi connectivity index (χ1v) is 6.73. The van der Waals surface area contributed by atoms with Gasteiger partial charge in [0.25, 0.3) is 0 Å². The number of amides is 1. The quantitative estimate of drug-likeness (QED) is 0.894. The second kappa shape index (κ2) is 5.71. The van der Waals surface area contributed by atoms with Crippen molar-refractivity contribution >= 4 is 33.5 Å². The number of aromatic carboxylic acids is 1. The summed E-state index contributed by atoms with van der Waals surface area (Å²) in [4.78, 5) is 23.0. The number of carbonyl (C=O) groups is 2. The molecule has 0 saturated carbocycles. The summed E-state index contributed by atoms with van der Waals surface area (Å²) in [5.74, 6) is -1.36. The van der Waals surface area contributed by atoms with Gasteiger partial charge >= 0.3 is 5.97 Å². The molecule has 2 unspecified atom stereocenters. The van der Waals surface area contributed by atoms with Gasteiger partial charge in [0.2, 0.25) is 5.91 Å². The molecule has 19 heavy (non-hydrogen) atoms. The maximum atomic E-state index is 12.1. The fourth-order valence-corrected chi connectivity index (χ4v) is 2.59. The Labute approximate surface area is 119 Å². The summed E-state index contributed by atoms with van der Waals surface area (Å²) in [6.07, 6.45) is 0.582. The number of rotatable bonds is 3. The Morgan fingerprint density at radius 3 is 2.74 bits per heavy atom. The molecule has 102 valence electrons. The Kier molecular flexibility index (Phi) is 4.21. The number of anilines is 1. The SMILES string of the molecule is CC1OCCC1C(=O)Nc1cc(Br)cc(C(=O)O)c1. The number of benzene rings is 1. The summed E-state index contributed by atoms with van der Waals surface area (Å²) in [7, 11) is 0. The normalized spacial score (nSPS) is 22.2. The Bertz CT molecular complexity index is 517. The van der Waals surface area contributed by atoms with Crippen LogP contribution in [0.2, 0.25) is 0 Å². The van der Waals surface area contributed by atoms with Crippen LogP contribution in [0, 0.1) is 5.92 Å². The van der Waals surface area contributed by atoms with Crippen molar-refractivity contribution in [2.45, 2.75) is 19.4 Å². The van der Waals surface area contributed by atoms with Crippen LogP contribution in [0.4, 0.5) is 5.69 Å². The second-order valence-electron chi connectivity index (χ2n) is 4.49. The molecule has 5 nitrogen and oxygen atoms in total. The number of carboxylic acids is 1. The van der Waals surface area contributed by atoms with Crippen LogP contribution in [0.5, 0.6) is 0 Å². The van der Waals surface area contributed by atoms with Gasteiger partial charge < -0.3 is 15.2 Å². The Hall–Kier alpha value is -1.40. The fraction of sp³-hybridized carbons (Fsp3) is 0.385. The van der Waals surface area contributed by atoms with Crippen LogP contribution >= 0.6 is 15.9 Å². The monoisotopic (exact) mass is 327 g/mol. The van der Waals surface area contributed by atoms with Gasteiger partial charge in [-0.1, -0.05) is 15.9 Å². The van der Waals surface area contributed by atoms with Gasteiger partial charge in [0.15, 0.2) is 0 Å². The number of ether oxygens (including phenoxy) is 1. The predicted octanol–water partition coefficient (Wildman–Crippen LogP) is 2.51. The standard InChI is InChI=1S/C13H14BrNO4/c1-7-11(2-3-19-7)12(16)15-10-5-8(13(17)18)4-9(14)6-10/h4-7,11H,2-3H2,1H3,(H,15,16)(H,17,18). The van der Waals surface area contributed by atoms with Crippen molar-refractivity contribution in [3.05, 3.63) is 28.2 Å². The molecule has 2 atom stereocenters. The van der Waals surface area contributed by atoms with E-state index in [0.717, 1.165) is 0 Å². The highest BCUT2D eigenvalue weighted by Crippen LogP contribution is 2.24. The van der Waals surface area contributed by atoms with Crippen LogP contribution < -0.4 is 5.32 Å². The van der Waals surface area contributed by atoms with Crippen LogP contribution in [0.25, 0.3) is 0 Å². The highest BCUT2D eigenvalue weighted by Gasteiger charge is 2.30. The van der Waals surface area contributed by atoms with Crippen molar-refractivity contribution in [1.82, 2.24) is 0 Å². The van der Waals surface area contributed by atoms with Gasteiger partial charge in [-0.25, -0.2) is 4.79 Å². The lowest BCUT2D eigenvalue weighted by Gasteiger charge is -2.14. The van der Waals surface area contributed by atoms with E-state index in [0.29, 0.717) is 23.2 Å². The summed E-state index contributed by atoms with van der Waals surface area (Å²) in [6, 6.07) is 4.59. The van der Waals surface area contributed by atoms with Gasteiger partial charge in [0.05, 0.1) is 17.6 Å². The lowest BCUT2D eigenvalue weighted by atomic mass is 10.0. The largest absolute Gasteiger partial charge is 0.478 e. The van der Waals surface area contributed by atoms with Crippen molar-refractivity contribution < 1.29 is 19.4 Å². The molecule has 0 radical (unpaired) electrons. The first-order chi connectivity index (χ1) is 8.97. The van der Waals surface area contributed by atoms with Crippen molar-refractivity contribution in [2.75, 3.05) is 11.9 Å². The zero-order valence-electron chi connectivity index (χ0n) is 10.4. The Morgan fingerprint density at radius 2 is 2.16 bits per heavy atom. The van der Waals surface area contributed by atoms with Gasteiger partial charge in [0, 0.05) is 16.8 Å². The van der Waals surface area contributed by atoms with Crippen molar-refractivity contribution in [2.24, 2.45) is 5.92 Å². The lowest BCUT2D eigenvalue weighted by Crippen LogP contribution is -2.27. The molecule has 0 aromatic heterocycles. The molecule has 0 bridgehead atoms. The zero-order chi connectivity index (χ0) is 14.0. The minimum atomic E-state index is -1.03. The number of carboxylic acid groups (broad SMARTS) is 1. The molecule has 2 rings (SSSR count). The lowest BCUT2D eigenvalue weighted by molar-refractivity contribution is -0.121. The van der Waals surface area contributed by atoms with E-state index in [9.17, 15) is 9.59 Å². The van der Waals surface area contributed by atoms with Gasteiger partial charge in [-0.15, -0.1) is 0 Å². The molecule has 1 fully saturated rings. The number of halogens is 1. The molecular weight excluding hydrogens is 314 g/mol. The molecule has 1 aliphatic heterocycles. The van der Waals surface area contributed by atoms with E-state index in [1.165, 1.54) is 12.1 Å². The number of hydrogen-bond acceptors (Lipinski definition) is 3. The van der Waals surface area contributed by atoms with Gasteiger partial charge in [-0.05, 0) is 31.5 Å². The van der Waals surface area contributed by atoms with E-state index in [-0.39, 0.29) is 23.5 Å². The van der Waals surface area contributed by atoms with Gasteiger partial charge in [-0.3, -0.25) is 4.79 Å². The van der Waals surface area contributed by atoms with Crippen LogP contribution in [0.15, 0.2) is 22.7 Å². The highest BCUT2D eigenvalue weighted by molar-refractivity contribution is 9.10. The average molecular weight is 328 g/mol. The van der Waals surface area contributed by atoms with Crippen molar-refractivity contribution in [3.8, 4) is 0 Å². The number of hydrogen-bond donors (Lipinski definition) is 2. The minimum absolute atomic E-state index is 0.105. The number of carbonyl (C=O) groups excluding carboxylic acids is 1. The fourth-order valence-electron chi connectivity index (χ4n) is 2.10. The third-order valence-electron chi connectivity index (χ3n) is 3.13. The maximum Gasteiger partial charge on any atom is 0.335 e. The molecule has 1 amide bonds. The molecule has 1 aromatic rings. The van der Waals surface area contributed by atoms with Gasteiger partial charge in [-0.2, -0.15) is 0 Å². The van der Waals surface area contributed by atoms with Gasteiger partial charge in [0.1, 0.15) is 0 Å². The molecule has 6 heteroatoms. The molecule has 1 aliphatic rings. The molecule has 1 saturated heterocycles. The molecule has 0 spiro atoms.